The number of tetrazole rings is 1. The second-order valence-corrected chi connectivity index (χ2v) is 6.12. The molecule has 0 amide bonds. The molecule has 9 heteroatoms. The predicted molar refractivity (Wildman–Crippen MR) is 86.4 cm³/mol. The first-order chi connectivity index (χ1) is 11.6. The topological polar surface area (TPSA) is 78.0 Å². The van der Waals surface area contributed by atoms with Gasteiger partial charge in [0.2, 0.25) is 5.82 Å². The van der Waals surface area contributed by atoms with Crippen molar-refractivity contribution in [2.75, 3.05) is 0 Å². The number of halogens is 1. The molecule has 0 radical (unpaired) electrons. The first-order valence-electron chi connectivity index (χ1n) is 7.10. The molecule has 0 atom stereocenters. The summed E-state index contributed by atoms with van der Waals surface area (Å²) in [5, 5.41) is 14.0. The van der Waals surface area contributed by atoms with E-state index in [1.54, 1.807) is 30.6 Å². The van der Waals surface area contributed by atoms with Gasteiger partial charge in [-0.25, -0.2) is 9.37 Å². The van der Waals surface area contributed by atoms with Crippen molar-refractivity contribution in [3.05, 3.63) is 63.3 Å². The highest BCUT2D eigenvalue weighted by molar-refractivity contribution is 7.15. The molecule has 0 N–H and O–H groups in total. The molecular formula is C15H11FN6OS. The summed E-state index contributed by atoms with van der Waals surface area (Å²) in [4.78, 5) is 18.4. The predicted octanol–water partition coefficient (Wildman–Crippen LogP) is 1.91. The van der Waals surface area contributed by atoms with Gasteiger partial charge in [-0.3, -0.25) is 9.20 Å². The first kappa shape index (κ1) is 14.6. The van der Waals surface area contributed by atoms with E-state index >= 15 is 0 Å². The largest absolute Gasteiger partial charge is 0.269 e. The van der Waals surface area contributed by atoms with Crippen LogP contribution in [-0.4, -0.2) is 29.6 Å². The Morgan fingerprint density at radius 2 is 2.17 bits per heavy atom. The van der Waals surface area contributed by atoms with Crippen molar-refractivity contribution in [1.29, 1.82) is 0 Å². The number of rotatable bonds is 3. The minimum atomic E-state index is -0.278. The second kappa shape index (κ2) is 5.60. The monoisotopic (exact) mass is 342 g/mol. The molecule has 7 nitrogen and oxygen atoms in total. The number of nitrogens with zero attached hydrogens (tertiary/aromatic N) is 6. The van der Waals surface area contributed by atoms with E-state index in [-0.39, 0.29) is 17.9 Å². The van der Waals surface area contributed by atoms with Crippen LogP contribution in [0.25, 0.3) is 16.3 Å². The third-order valence-corrected chi connectivity index (χ3v) is 4.29. The Labute approximate surface area is 139 Å². The van der Waals surface area contributed by atoms with Crippen molar-refractivity contribution < 1.29 is 4.39 Å². The van der Waals surface area contributed by atoms with E-state index in [1.165, 1.54) is 32.7 Å². The zero-order chi connectivity index (χ0) is 16.7. The molecule has 0 aliphatic rings. The van der Waals surface area contributed by atoms with Crippen LogP contribution in [0.15, 0.2) is 40.6 Å². The van der Waals surface area contributed by atoms with Crippen LogP contribution in [0.4, 0.5) is 4.39 Å². The molecule has 0 saturated carbocycles. The lowest BCUT2D eigenvalue weighted by Crippen LogP contribution is -2.15. The summed E-state index contributed by atoms with van der Waals surface area (Å²) in [7, 11) is 0. The van der Waals surface area contributed by atoms with Crippen LogP contribution in [0.2, 0.25) is 0 Å². The molecule has 0 spiro atoms. The van der Waals surface area contributed by atoms with E-state index in [4.69, 9.17) is 0 Å². The number of fused-ring (bicyclic) bond motifs is 1. The maximum atomic E-state index is 13.3. The highest BCUT2D eigenvalue weighted by atomic mass is 32.1. The number of hydrogen-bond donors (Lipinski definition) is 0. The normalized spacial score (nSPS) is 11.2. The highest BCUT2D eigenvalue weighted by Crippen LogP contribution is 2.17. The van der Waals surface area contributed by atoms with Crippen molar-refractivity contribution in [2.24, 2.45) is 0 Å². The average Bonchev–Trinajstić information content (AvgIpc) is 3.19. The molecule has 120 valence electrons. The van der Waals surface area contributed by atoms with Gasteiger partial charge in [-0.1, -0.05) is 0 Å². The highest BCUT2D eigenvalue weighted by Gasteiger charge is 2.10. The van der Waals surface area contributed by atoms with Gasteiger partial charge in [0, 0.05) is 23.2 Å². The minimum absolute atomic E-state index is 0.147. The van der Waals surface area contributed by atoms with E-state index in [1.807, 2.05) is 0 Å². The number of aryl methyl sites for hydroxylation is 1. The van der Waals surface area contributed by atoms with Gasteiger partial charge >= 0.3 is 0 Å². The minimum Gasteiger partial charge on any atom is -0.269 e. The second-order valence-electron chi connectivity index (χ2n) is 5.25. The molecule has 1 aromatic carbocycles. The van der Waals surface area contributed by atoms with Gasteiger partial charge in [-0.15, -0.1) is 21.5 Å². The molecule has 0 bridgehead atoms. The zero-order valence-electron chi connectivity index (χ0n) is 12.5. The summed E-state index contributed by atoms with van der Waals surface area (Å²) in [5.41, 5.74) is 1.61. The quantitative estimate of drug-likeness (QED) is 0.568. The molecular weight excluding hydrogens is 331 g/mol. The zero-order valence-corrected chi connectivity index (χ0v) is 13.4. The van der Waals surface area contributed by atoms with Crippen molar-refractivity contribution >= 4 is 16.3 Å². The van der Waals surface area contributed by atoms with Crippen LogP contribution < -0.4 is 5.56 Å². The van der Waals surface area contributed by atoms with E-state index < -0.39 is 0 Å². The Morgan fingerprint density at radius 3 is 3.00 bits per heavy atom. The lowest BCUT2D eigenvalue weighted by Gasteiger charge is -2.00. The van der Waals surface area contributed by atoms with Crippen LogP contribution in [0.1, 0.15) is 11.3 Å². The Kier molecular flexibility index (Phi) is 3.42. The molecule has 3 aromatic heterocycles. The van der Waals surface area contributed by atoms with Crippen LogP contribution >= 0.6 is 11.3 Å². The molecule has 4 rings (SSSR count). The van der Waals surface area contributed by atoms with Crippen LogP contribution in [0.3, 0.4) is 0 Å². The average molecular weight is 342 g/mol. The third-order valence-electron chi connectivity index (χ3n) is 3.53. The van der Waals surface area contributed by atoms with Gasteiger partial charge in [0.25, 0.3) is 5.56 Å². The Balaban J connectivity index is 1.64. The summed E-state index contributed by atoms with van der Waals surface area (Å²) in [6.45, 7) is 1.91. The Morgan fingerprint density at radius 1 is 1.29 bits per heavy atom. The molecule has 0 fully saturated rings. The lowest BCUT2D eigenvalue weighted by atomic mass is 10.1. The molecule has 3 heterocycles. The summed E-state index contributed by atoms with van der Waals surface area (Å²) >= 11 is 1.38. The van der Waals surface area contributed by atoms with Crippen LogP contribution in [0, 0.1) is 12.7 Å². The van der Waals surface area contributed by atoms with Crippen molar-refractivity contribution in [1.82, 2.24) is 29.6 Å². The number of hydrogen-bond acceptors (Lipinski definition) is 6. The molecule has 24 heavy (non-hydrogen) atoms. The molecule has 0 unspecified atom stereocenters. The van der Waals surface area contributed by atoms with Gasteiger partial charge in [0.15, 0.2) is 4.96 Å². The smallest absolute Gasteiger partial charge is 0.258 e. The summed E-state index contributed by atoms with van der Waals surface area (Å²) in [5.74, 6) is 0.118. The Bertz CT molecular complexity index is 1100. The third kappa shape index (κ3) is 2.58. The standard InChI is InChI=1S/C15H11FN6OS/c1-9-6-10(2-3-12(9)16)14-18-20-22(19-14)8-11-7-13(23)21-4-5-24-15(21)17-11/h2-7H,8H2,1H3. The van der Waals surface area contributed by atoms with Crippen molar-refractivity contribution in [3.63, 3.8) is 0 Å². The summed E-state index contributed by atoms with van der Waals surface area (Å²) in [6.07, 6.45) is 1.68. The van der Waals surface area contributed by atoms with E-state index in [0.717, 1.165) is 0 Å². The van der Waals surface area contributed by atoms with Gasteiger partial charge in [0.1, 0.15) is 12.4 Å². The van der Waals surface area contributed by atoms with Crippen LogP contribution in [-0.2, 0) is 6.54 Å². The fraction of sp³-hybridized carbons (Fsp3) is 0.133. The van der Waals surface area contributed by atoms with Gasteiger partial charge < -0.3 is 0 Å². The number of aromatic nitrogens is 6. The van der Waals surface area contributed by atoms with Crippen LogP contribution in [0.5, 0.6) is 0 Å². The van der Waals surface area contributed by atoms with Gasteiger partial charge in [-0.05, 0) is 35.9 Å². The summed E-state index contributed by atoms with van der Waals surface area (Å²) in [6, 6.07) is 6.09. The number of thiazole rings is 1. The Hall–Kier alpha value is -2.94. The fourth-order valence-electron chi connectivity index (χ4n) is 2.32. The number of benzene rings is 1. The van der Waals surface area contributed by atoms with Gasteiger partial charge in [0.05, 0.1) is 5.69 Å². The fourth-order valence-corrected chi connectivity index (χ4v) is 3.06. The van der Waals surface area contributed by atoms with Crippen molar-refractivity contribution in [3.8, 4) is 11.4 Å². The van der Waals surface area contributed by atoms with Crippen molar-refractivity contribution in [2.45, 2.75) is 13.5 Å². The van der Waals surface area contributed by atoms with E-state index in [2.05, 4.69) is 20.4 Å². The first-order valence-corrected chi connectivity index (χ1v) is 7.98. The van der Waals surface area contributed by atoms with Gasteiger partial charge in [-0.2, -0.15) is 4.80 Å². The van der Waals surface area contributed by atoms with E-state index in [9.17, 15) is 9.18 Å². The summed E-state index contributed by atoms with van der Waals surface area (Å²) < 4.78 is 14.8. The van der Waals surface area contributed by atoms with E-state index in [0.29, 0.717) is 27.6 Å². The molecule has 0 saturated heterocycles. The molecule has 4 aromatic rings. The maximum Gasteiger partial charge on any atom is 0.258 e. The molecule has 0 aliphatic carbocycles. The SMILES string of the molecule is Cc1cc(-c2nnn(Cc3cc(=O)n4ccsc4n3)n2)ccc1F. The molecule has 0 aliphatic heterocycles. The lowest BCUT2D eigenvalue weighted by molar-refractivity contribution is 0.564. The maximum absolute atomic E-state index is 13.3.